The van der Waals surface area contributed by atoms with Crippen LogP contribution in [0.4, 0.5) is 5.69 Å². The number of sulfonamides is 1. The normalized spacial score (nSPS) is 17.6. The number of carbonyl (C=O) groups excluding carboxylic acids is 1. The van der Waals surface area contributed by atoms with E-state index in [1.165, 1.54) is 0 Å². The van der Waals surface area contributed by atoms with Crippen LogP contribution in [-0.2, 0) is 21.2 Å². The average Bonchev–Trinajstić information content (AvgIpc) is 2.80. The topological polar surface area (TPSA) is 66.5 Å². The second-order valence-electron chi connectivity index (χ2n) is 6.54. The number of nitrogens with zero attached hydrogens (tertiary/aromatic N) is 1. The van der Waals surface area contributed by atoms with E-state index < -0.39 is 10.0 Å². The summed E-state index contributed by atoms with van der Waals surface area (Å²) < 4.78 is 27.4. The molecule has 0 bridgehead atoms. The highest BCUT2D eigenvalue weighted by atomic mass is 32.2. The van der Waals surface area contributed by atoms with Gasteiger partial charge in [0, 0.05) is 24.7 Å². The van der Waals surface area contributed by atoms with Gasteiger partial charge in [0.1, 0.15) is 0 Å². The Labute approximate surface area is 139 Å². The maximum Gasteiger partial charge on any atom is 0.240 e. The van der Waals surface area contributed by atoms with Gasteiger partial charge in [0.2, 0.25) is 15.9 Å². The van der Waals surface area contributed by atoms with Gasteiger partial charge in [-0.1, -0.05) is 20.8 Å². The smallest absolute Gasteiger partial charge is 0.240 e. The molecule has 0 saturated heterocycles. The summed E-state index contributed by atoms with van der Waals surface area (Å²) in [5.41, 5.74) is 1.76. The Morgan fingerprint density at radius 1 is 1.39 bits per heavy atom. The number of carbonyl (C=O) groups is 1. The SMILES string of the molecule is CCC(=O)N1c2ccc(S(=O)(=O)NCCC(C)C)cc2CC1C. The fourth-order valence-electron chi connectivity index (χ4n) is 2.89. The Morgan fingerprint density at radius 2 is 2.09 bits per heavy atom. The summed E-state index contributed by atoms with van der Waals surface area (Å²) in [5.74, 6) is 0.522. The maximum absolute atomic E-state index is 12.4. The number of anilines is 1. The molecule has 0 radical (unpaired) electrons. The first kappa shape index (κ1) is 17.9. The summed E-state index contributed by atoms with van der Waals surface area (Å²) in [6.07, 6.45) is 1.94. The molecule has 6 heteroatoms. The monoisotopic (exact) mass is 338 g/mol. The largest absolute Gasteiger partial charge is 0.309 e. The van der Waals surface area contributed by atoms with Crippen molar-refractivity contribution >= 4 is 21.6 Å². The van der Waals surface area contributed by atoms with Gasteiger partial charge in [0.15, 0.2) is 0 Å². The van der Waals surface area contributed by atoms with E-state index in [9.17, 15) is 13.2 Å². The van der Waals surface area contributed by atoms with Crippen molar-refractivity contribution in [2.45, 2.75) is 57.9 Å². The molecule has 1 N–H and O–H groups in total. The molecule has 1 aliphatic rings. The maximum atomic E-state index is 12.4. The molecule has 1 aromatic rings. The molecular formula is C17H26N2O3S. The van der Waals surface area contributed by atoms with Crippen LogP contribution in [-0.4, -0.2) is 26.9 Å². The molecule has 0 aromatic heterocycles. The van der Waals surface area contributed by atoms with Gasteiger partial charge < -0.3 is 4.90 Å². The molecule has 1 aromatic carbocycles. The summed E-state index contributed by atoms with van der Waals surface area (Å²) in [4.78, 5) is 14.1. The Bertz CT molecular complexity index is 683. The molecule has 2 rings (SSSR count). The molecule has 0 saturated carbocycles. The highest BCUT2D eigenvalue weighted by Crippen LogP contribution is 2.34. The van der Waals surface area contributed by atoms with Crippen LogP contribution >= 0.6 is 0 Å². The summed E-state index contributed by atoms with van der Waals surface area (Å²) >= 11 is 0. The van der Waals surface area contributed by atoms with Crippen LogP contribution in [0.15, 0.2) is 23.1 Å². The van der Waals surface area contributed by atoms with E-state index in [1.807, 2.05) is 13.8 Å². The van der Waals surface area contributed by atoms with Crippen LogP contribution in [0.2, 0.25) is 0 Å². The van der Waals surface area contributed by atoms with Crippen LogP contribution in [0.25, 0.3) is 0 Å². The van der Waals surface area contributed by atoms with Crippen LogP contribution in [0.3, 0.4) is 0 Å². The molecule has 0 spiro atoms. The second kappa shape index (κ2) is 7.01. The molecule has 1 aliphatic heterocycles. The van der Waals surface area contributed by atoms with Crippen molar-refractivity contribution in [3.63, 3.8) is 0 Å². The zero-order valence-corrected chi connectivity index (χ0v) is 15.1. The molecule has 128 valence electrons. The van der Waals surface area contributed by atoms with Crippen molar-refractivity contribution in [2.75, 3.05) is 11.4 Å². The Morgan fingerprint density at radius 3 is 2.70 bits per heavy atom. The summed E-state index contributed by atoms with van der Waals surface area (Å²) in [6, 6.07) is 5.12. The minimum Gasteiger partial charge on any atom is -0.309 e. The third-order valence-corrected chi connectivity index (χ3v) is 5.62. The van der Waals surface area contributed by atoms with Crippen molar-refractivity contribution in [3.8, 4) is 0 Å². The first-order valence-electron chi connectivity index (χ1n) is 8.21. The summed E-state index contributed by atoms with van der Waals surface area (Å²) in [7, 11) is -3.49. The van der Waals surface area contributed by atoms with E-state index in [-0.39, 0.29) is 16.8 Å². The van der Waals surface area contributed by atoms with Crippen molar-refractivity contribution in [1.29, 1.82) is 0 Å². The predicted molar refractivity (Wildman–Crippen MR) is 92.0 cm³/mol. The molecular weight excluding hydrogens is 312 g/mol. The Balaban J connectivity index is 2.22. The van der Waals surface area contributed by atoms with Crippen LogP contribution < -0.4 is 9.62 Å². The van der Waals surface area contributed by atoms with Crippen molar-refractivity contribution in [2.24, 2.45) is 5.92 Å². The lowest BCUT2D eigenvalue weighted by molar-refractivity contribution is -0.118. The number of benzene rings is 1. The molecule has 1 heterocycles. The van der Waals surface area contributed by atoms with Gasteiger partial charge in [-0.15, -0.1) is 0 Å². The standard InChI is InChI=1S/C17H26N2O3S/c1-5-17(20)19-13(4)10-14-11-15(6-7-16(14)19)23(21,22)18-9-8-12(2)3/h6-7,11-13,18H,5,8-10H2,1-4H3. The van der Waals surface area contributed by atoms with Crippen LogP contribution in [0.1, 0.15) is 46.1 Å². The van der Waals surface area contributed by atoms with Crippen molar-refractivity contribution < 1.29 is 13.2 Å². The molecule has 1 unspecified atom stereocenters. The number of hydrogen-bond donors (Lipinski definition) is 1. The lowest BCUT2D eigenvalue weighted by atomic mass is 10.1. The van der Waals surface area contributed by atoms with E-state index >= 15 is 0 Å². The third-order valence-electron chi connectivity index (χ3n) is 4.16. The van der Waals surface area contributed by atoms with Crippen LogP contribution in [0.5, 0.6) is 0 Å². The first-order valence-corrected chi connectivity index (χ1v) is 9.69. The van der Waals surface area contributed by atoms with Crippen LogP contribution in [0, 0.1) is 5.92 Å². The summed E-state index contributed by atoms with van der Waals surface area (Å²) in [5, 5.41) is 0. The minimum absolute atomic E-state index is 0.0712. The first-order chi connectivity index (χ1) is 10.8. The fourth-order valence-corrected chi connectivity index (χ4v) is 3.99. The summed E-state index contributed by atoms with van der Waals surface area (Å²) in [6.45, 7) is 8.38. The zero-order chi connectivity index (χ0) is 17.2. The number of fused-ring (bicyclic) bond motifs is 1. The zero-order valence-electron chi connectivity index (χ0n) is 14.3. The average molecular weight is 338 g/mol. The van der Waals surface area contributed by atoms with Gasteiger partial charge in [-0.25, -0.2) is 13.1 Å². The van der Waals surface area contributed by atoms with E-state index in [1.54, 1.807) is 23.1 Å². The van der Waals surface area contributed by atoms with Gasteiger partial charge in [-0.2, -0.15) is 0 Å². The third kappa shape index (κ3) is 3.93. The molecule has 23 heavy (non-hydrogen) atoms. The number of hydrogen-bond acceptors (Lipinski definition) is 3. The molecule has 1 amide bonds. The van der Waals surface area contributed by atoms with Gasteiger partial charge >= 0.3 is 0 Å². The Hall–Kier alpha value is -1.40. The van der Waals surface area contributed by atoms with E-state index in [2.05, 4.69) is 18.6 Å². The molecule has 0 fully saturated rings. The number of rotatable bonds is 6. The lowest BCUT2D eigenvalue weighted by Gasteiger charge is -2.22. The highest BCUT2D eigenvalue weighted by molar-refractivity contribution is 7.89. The molecule has 0 aliphatic carbocycles. The van der Waals surface area contributed by atoms with Gasteiger partial charge in [-0.05, 0) is 49.4 Å². The van der Waals surface area contributed by atoms with E-state index in [0.29, 0.717) is 25.3 Å². The van der Waals surface area contributed by atoms with Gasteiger partial charge in [0.25, 0.3) is 0 Å². The van der Waals surface area contributed by atoms with Gasteiger partial charge in [-0.3, -0.25) is 4.79 Å². The van der Waals surface area contributed by atoms with Gasteiger partial charge in [0.05, 0.1) is 4.90 Å². The van der Waals surface area contributed by atoms with Crippen molar-refractivity contribution in [1.82, 2.24) is 4.72 Å². The number of nitrogens with one attached hydrogen (secondary N) is 1. The number of amides is 1. The van der Waals surface area contributed by atoms with E-state index in [0.717, 1.165) is 17.7 Å². The van der Waals surface area contributed by atoms with Crippen molar-refractivity contribution in [3.05, 3.63) is 23.8 Å². The molecule has 1 atom stereocenters. The minimum atomic E-state index is -3.49. The second-order valence-corrected chi connectivity index (χ2v) is 8.31. The quantitative estimate of drug-likeness (QED) is 0.867. The lowest BCUT2D eigenvalue weighted by Crippen LogP contribution is -2.35. The highest BCUT2D eigenvalue weighted by Gasteiger charge is 2.31. The van der Waals surface area contributed by atoms with E-state index in [4.69, 9.17) is 0 Å². The fraction of sp³-hybridized carbons (Fsp3) is 0.588. The molecule has 5 nitrogen and oxygen atoms in total. The Kier molecular flexibility index (Phi) is 5.47. The predicted octanol–water partition coefficient (Wildman–Crippen LogP) is 2.70.